The van der Waals surface area contributed by atoms with Crippen molar-refractivity contribution in [3.05, 3.63) is 17.4 Å². The Bertz CT molecular complexity index is 524. The maximum absolute atomic E-state index is 12.4. The van der Waals surface area contributed by atoms with Crippen molar-refractivity contribution < 1.29 is 14.3 Å². The molecule has 0 aliphatic carbocycles. The molecule has 0 radical (unpaired) electrons. The highest BCUT2D eigenvalue weighted by Gasteiger charge is 2.30. The number of carbonyl (C=O) groups is 2. The summed E-state index contributed by atoms with van der Waals surface area (Å²) in [7, 11) is 0. The van der Waals surface area contributed by atoms with E-state index < -0.39 is 0 Å². The molecule has 1 fully saturated rings. The lowest BCUT2D eigenvalue weighted by Gasteiger charge is -2.32. The Balaban J connectivity index is 1.82. The van der Waals surface area contributed by atoms with Crippen LogP contribution in [0.25, 0.3) is 0 Å². The van der Waals surface area contributed by atoms with E-state index >= 15 is 0 Å². The SMILES string of the molecule is CCOC(=O)C1CCN(C(=O)[C@H](C)Cn2cc(Cl)cn2)CC1. The van der Waals surface area contributed by atoms with Gasteiger partial charge in [-0.15, -0.1) is 0 Å². The maximum Gasteiger partial charge on any atom is 0.309 e. The van der Waals surface area contributed by atoms with Gasteiger partial charge in [0.25, 0.3) is 0 Å². The number of carbonyl (C=O) groups excluding carboxylic acids is 2. The van der Waals surface area contributed by atoms with Crippen LogP contribution in [0.1, 0.15) is 26.7 Å². The highest BCUT2D eigenvalue weighted by molar-refractivity contribution is 6.30. The Kier molecular flexibility index (Phi) is 5.83. The molecular weight excluding hydrogens is 306 g/mol. The zero-order chi connectivity index (χ0) is 16.1. The van der Waals surface area contributed by atoms with E-state index in [2.05, 4.69) is 5.10 Å². The summed E-state index contributed by atoms with van der Waals surface area (Å²) in [5.41, 5.74) is 0. The summed E-state index contributed by atoms with van der Waals surface area (Å²) in [5.74, 6) is -0.304. The van der Waals surface area contributed by atoms with Crippen LogP contribution in [0.5, 0.6) is 0 Å². The molecule has 0 aromatic carbocycles. The molecule has 22 heavy (non-hydrogen) atoms. The number of aromatic nitrogens is 2. The molecule has 1 amide bonds. The molecule has 1 aromatic rings. The Morgan fingerprint density at radius 3 is 2.68 bits per heavy atom. The smallest absolute Gasteiger partial charge is 0.309 e. The van der Waals surface area contributed by atoms with Crippen LogP contribution >= 0.6 is 11.6 Å². The van der Waals surface area contributed by atoms with Crippen molar-refractivity contribution in [2.24, 2.45) is 11.8 Å². The van der Waals surface area contributed by atoms with Gasteiger partial charge in [0, 0.05) is 19.3 Å². The Labute approximate surface area is 135 Å². The Hall–Kier alpha value is -1.56. The third kappa shape index (κ3) is 4.22. The lowest BCUT2D eigenvalue weighted by molar-refractivity contribution is -0.151. The number of ether oxygens (including phenoxy) is 1. The summed E-state index contributed by atoms with van der Waals surface area (Å²) >= 11 is 5.82. The van der Waals surface area contributed by atoms with E-state index in [4.69, 9.17) is 16.3 Å². The number of nitrogens with zero attached hydrogens (tertiary/aromatic N) is 3. The van der Waals surface area contributed by atoms with Gasteiger partial charge in [0.05, 0.1) is 36.2 Å². The van der Waals surface area contributed by atoms with E-state index in [-0.39, 0.29) is 23.7 Å². The average Bonchev–Trinajstić information content (AvgIpc) is 2.92. The zero-order valence-corrected chi connectivity index (χ0v) is 13.8. The second-order valence-electron chi connectivity index (χ2n) is 5.63. The van der Waals surface area contributed by atoms with E-state index in [9.17, 15) is 9.59 Å². The molecule has 1 saturated heterocycles. The predicted molar refractivity (Wildman–Crippen MR) is 82.3 cm³/mol. The molecule has 2 rings (SSSR count). The molecule has 7 heteroatoms. The monoisotopic (exact) mass is 327 g/mol. The molecule has 122 valence electrons. The third-order valence-electron chi connectivity index (χ3n) is 3.91. The number of likely N-dealkylation sites (tertiary alicyclic amines) is 1. The lowest BCUT2D eigenvalue weighted by Crippen LogP contribution is -2.43. The molecular formula is C15H22ClN3O3. The predicted octanol–water partition coefficient (Wildman–Crippen LogP) is 1.97. The van der Waals surface area contributed by atoms with Crippen molar-refractivity contribution >= 4 is 23.5 Å². The molecule has 1 atom stereocenters. The molecule has 0 saturated carbocycles. The van der Waals surface area contributed by atoms with E-state index in [0.717, 1.165) is 0 Å². The van der Waals surface area contributed by atoms with Crippen molar-refractivity contribution in [3.8, 4) is 0 Å². The number of piperidine rings is 1. The molecule has 2 heterocycles. The van der Waals surface area contributed by atoms with Crippen LogP contribution in [-0.2, 0) is 20.9 Å². The first kappa shape index (κ1) is 16.8. The normalized spacial score (nSPS) is 17.3. The van der Waals surface area contributed by atoms with Gasteiger partial charge < -0.3 is 9.64 Å². The van der Waals surface area contributed by atoms with Crippen molar-refractivity contribution in [2.45, 2.75) is 33.2 Å². The van der Waals surface area contributed by atoms with Gasteiger partial charge in [-0.2, -0.15) is 5.10 Å². The topological polar surface area (TPSA) is 64.4 Å². The van der Waals surface area contributed by atoms with Crippen LogP contribution in [0.3, 0.4) is 0 Å². The quantitative estimate of drug-likeness (QED) is 0.776. The standard InChI is InChI=1S/C15H22ClN3O3/c1-3-22-15(21)12-4-6-18(7-5-12)14(20)11(2)9-19-10-13(16)8-17-19/h8,10-12H,3-7,9H2,1-2H3/t11-/m1/s1. The molecule has 1 aliphatic rings. The third-order valence-corrected chi connectivity index (χ3v) is 4.11. The van der Waals surface area contributed by atoms with Gasteiger partial charge in [0.15, 0.2) is 0 Å². The molecule has 0 bridgehead atoms. The summed E-state index contributed by atoms with van der Waals surface area (Å²) in [4.78, 5) is 26.0. The largest absolute Gasteiger partial charge is 0.466 e. The first-order valence-corrected chi connectivity index (χ1v) is 8.02. The highest BCUT2D eigenvalue weighted by atomic mass is 35.5. The highest BCUT2D eigenvalue weighted by Crippen LogP contribution is 2.20. The van der Waals surface area contributed by atoms with E-state index in [1.807, 2.05) is 11.8 Å². The number of esters is 1. The van der Waals surface area contributed by atoms with Crippen molar-refractivity contribution in [3.63, 3.8) is 0 Å². The minimum absolute atomic E-state index is 0.0794. The maximum atomic E-state index is 12.4. The first-order valence-electron chi connectivity index (χ1n) is 7.64. The van der Waals surface area contributed by atoms with Crippen LogP contribution in [0, 0.1) is 11.8 Å². The summed E-state index contributed by atoms with van der Waals surface area (Å²) in [5, 5.41) is 4.66. The number of hydrogen-bond acceptors (Lipinski definition) is 4. The van der Waals surface area contributed by atoms with Gasteiger partial charge in [-0.05, 0) is 19.8 Å². The van der Waals surface area contributed by atoms with Crippen molar-refractivity contribution in [2.75, 3.05) is 19.7 Å². The summed E-state index contributed by atoms with van der Waals surface area (Å²) < 4.78 is 6.72. The summed E-state index contributed by atoms with van der Waals surface area (Å²) in [6.45, 7) is 5.80. The fourth-order valence-corrected chi connectivity index (χ4v) is 2.86. The first-order chi connectivity index (χ1) is 10.5. The van der Waals surface area contributed by atoms with Gasteiger partial charge >= 0.3 is 5.97 Å². The van der Waals surface area contributed by atoms with Crippen LogP contribution in [0.15, 0.2) is 12.4 Å². The van der Waals surface area contributed by atoms with Crippen LogP contribution < -0.4 is 0 Å². The van der Waals surface area contributed by atoms with Crippen LogP contribution in [-0.4, -0.2) is 46.3 Å². The minimum Gasteiger partial charge on any atom is -0.466 e. The minimum atomic E-state index is -0.171. The number of hydrogen-bond donors (Lipinski definition) is 0. The Morgan fingerprint density at radius 2 is 2.14 bits per heavy atom. The molecule has 1 aliphatic heterocycles. The number of amides is 1. The molecule has 0 unspecified atom stereocenters. The molecule has 0 spiro atoms. The second kappa shape index (κ2) is 7.63. The van der Waals surface area contributed by atoms with Gasteiger partial charge in [-0.3, -0.25) is 14.3 Å². The van der Waals surface area contributed by atoms with E-state index in [1.165, 1.54) is 0 Å². The average molecular weight is 328 g/mol. The second-order valence-corrected chi connectivity index (χ2v) is 6.07. The van der Waals surface area contributed by atoms with Crippen LogP contribution in [0.4, 0.5) is 0 Å². The van der Waals surface area contributed by atoms with Gasteiger partial charge in [0.2, 0.25) is 5.91 Å². The summed E-state index contributed by atoms with van der Waals surface area (Å²) in [6, 6.07) is 0. The van der Waals surface area contributed by atoms with Gasteiger partial charge in [-0.25, -0.2) is 0 Å². The molecule has 6 nitrogen and oxygen atoms in total. The summed E-state index contributed by atoms with van der Waals surface area (Å²) in [6.07, 6.45) is 4.61. The van der Waals surface area contributed by atoms with E-state index in [0.29, 0.717) is 44.1 Å². The van der Waals surface area contributed by atoms with Crippen molar-refractivity contribution in [1.82, 2.24) is 14.7 Å². The van der Waals surface area contributed by atoms with Crippen molar-refractivity contribution in [1.29, 1.82) is 0 Å². The number of rotatable bonds is 5. The van der Waals surface area contributed by atoms with Gasteiger partial charge in [-0.1, -0.05) is 18.5 Å². The lowest BCUT2D eigenvalue weighted by atomic mass is 9.96. The van der Waals surface area contributed by atoms with Crippen LogP contribution in [0.2, 0.25) is 5.02 Å². The Morgan fingerprint density at radius 1 is 1.45 bits per heavy atom. The fraction of sp³-hybridized carbons (Fsp3) is 0.667. The van der Waals surface area contributed by atoms with E-state index in [1.54, 1.807) is 24.0 Å². The molecule has 1 aromatic heterocycles. The number of halogens is 1. The zero-order valence-electron chi connectivity index (χ0n) is 13.0. The molecule has 0 N–H and O–H groups in total. The fourth-order valence-electron chi connectivity index (χ4n) is 2.70. The van der Waals surface area contributed by atoms with Gasteiger partial charge in [0.1, 0.15) is 0 Å².